The third kappa shape index (κ3) is 3.95. The van der Waals surface area contributed by atoms with E-state index in [1.54, 1.807) is 12.5 Å². The number of urea groups is 1. The molecule has 1 aliphatic heterocycles. The van der Waals surface area contributed by atoms with Gasteiger partial charge in [0.2, 0.25) is 0 Å². The Morgan fingerprint density at radius 2 is 2.35 bits per heavy atom. The van der Waals surface area contributed by atoms with Crippen LogP contribution < -0.4 is 5.32 Å². The molecule has 0 aromatic carbocycles. The molecule has 1 unspecified atom stereocenters. The maximum atomic E-state index is 12.1. The van der Waals surface area contributed by atoms with Gasteiger partial charge in [0.25, 0.3) is 0 Å². The van der Waals surface area contributed by atoms with Gasteiger partial charge in [0.15, 0.2) is 0 Å². The largest absolute Gasteiger partial charge is 0.481 e. The van der Waals surface area contributed by atoms with Gasteiger partial charge in [-0.1, -0.05) is 0 Å². The van der Waals surface area contributed by atoms with Gasteiger partial charge in [-0.2, -0.15) is 0 Å². The van der Waals surface area contributed by atoms with Crippen molar-refractivity contribution >= 4 is 12.0 Å². The Labute approximate surface area is 116 Å². The van der Waals surface area contributed by atoms with E-state index in [-0.39, 0.29) is 19.1 Å². The van der Waals surface area contributed by atoms with E-state index < -0.39 is 12.0 Å². The van der Waals surface area contributed by atoms with Crippen molar-refractivity contribution in [1.82, 2.24) is 19.8 Å². The van der Waals surface area contributed by atoms with Crippen molar-refractivity contribution < 1.29 is 19.4 Å². The first-order valence-electron chi connectivity index (χ1n) is 6.46. The first kappa shape index (κ1) is 14.3. The minimum Gasteiger partial charge on any atom is -0.481 e. The smallest absolute Gasteiger partial charge is 0.317 e. The summed E-state index contributed by atoms with van der Waals surface area (Å²) in [6.07, 6.45) is 5.06. The summed E-state index contributed by atoms with van der Waals surface area (Å²) in [5.41, 5.74) is 0. The van der Waals surface area contributed by atoms with Gasteiger partial charge in [-0.15, -0.1) is 0 Å². The second-order valence-electron chi connectivity index (χ2n) is 4.55. The molecule has 1 atom stereocenters. The minimum atomic E-state index is -0.934. The molecule has 0 spiro atoms. The zero-order valence-electron chi connectivity index (χ0n) is 11.1. The average molecular weight is 282 g/mol. The van der Waals surface area contributed by atoms with Crippen molar-refractivity contribution in [3.8, 4) is 0 Å². The Hall–Kier alpha value is -2.09. The Morgan fingerprint density at radius 1 is 1.50 bits per heavy atom. The Bertz CT molecular complexity index is 448. The number of nitrogens with one attached hydrogen (secondary N) is 1. The normalized spacial score (nSPS) is 18.8. The quantitative estimate of drug-likeness (QED) is 0.777. The van der Waals surface area contributed by atoms with Crippen LogP contribution in [0.2, 0.25) is 0 Å². The summed E-state index contributed by atoms with van der Waals surface area (Å²) >= 11 is 0. The fourth-order valence-electron chi connectivity index (χ4n) is 2.11. The van der Waals surface area contributed by atoms with E-state index in [0.717, 1.165) is 0 Å². The van der Waals surface area contributed by atoms with Crippen molar-refractivity contribution in [2.24, 2.45) is 0 Å². The highest BCUT2D eigenvalue weighted by Crippen LogP contribution is 2.10. The van der Waals surface area contributed by atoms with Gasteiger partial charge in [0.1, 0.15) is 0 Å². The maximum Gasteiger partial charge on any atom is 0.317 e. The molecule has 0 radical (unpaired) electrons. The first-order valence-corrected chi connectivity index (χ1v) is 6.46. The number of morpholine rings is 1. The number of aliphatic carboxylic acids is 1. The van der Waals surface area contributed by atoms with Crippen LogP contribution >= 0.6 is 0 Å². The zero-order valence-corrected chi connectivity index (χ0v) is 11.1. The maximum absolute atomic E-state index is 12.1. The zero-order chi connectivity index (χ0) is 14.4. The number of ether oxygens (including phenoxy) is 1. The molecular weight excluding hydrogens is 264 g/mol. The Kier molecular flexibility index (Phi) is 4.94. The van der Waals surface area contributed by atoms with Crippen molar-refractivity contribution in [2.75, 3.05) is 26.3 Å². The van der Waals surface area contributed by atoms with Crippen LogP contribution in [0.15, 0.2) is 18.7 Å². The highest BCUT2D eigenvalue weighted by Gasteiger charge is 2.28. The summed E-state index contributed by atoms with van der Waals surface area (Å²) in [7, 11) is 0. The second-order valence-corrected chi connectivity index (χ2v) is 4.55. The summed E-state index contributed by atoms with van der Waals surface area (Å²) in [5.74, 6) is -0.934. The molecule has 8 heteroatoms. The molecule has 0 saturated carbocycles. The molecular formula is C12H18N4O4. The molecule has 1 aliphatic rings. The van der Waals surface area contributed by atoms with Crippen LogP contribution in [0.5, 0.6) is 0 Å². The van der Waals surface area contributed by atoms with Crippen LogP contribution in [0, 0.1) is 0 Å². The van der Waals surface area contributed by atoms with Crippen LogP contribution in [0.3, 0.4) is 0 Å². The molecule has 1 aromatic heterocycles. The molecule has 1 saturated heterocycles. The van der Waals surface area contributed by atoms with Crippen molar-refractivity contribution in [1.29, 1.82) is 0 Å². The molecule has 2 rings (SSSR count). The van der Waals surface area contributed by atoms with Crippen LogP contribution in [-0.4, -0.2) is 63.9 Å². The molecule has 110 valence electrons. The Morgan fingerprint density at radius 3 is 3.05 bits per heavy atom. The molecule has 20 heavy (non-hydrogen) atoms. The van der Waals surface area contributed by atoms with Crippen molar-refractivity contribution in [2.45, 2.75) is 19.0 Å². The van der Waals surface area contributed by atoms with E-state index in [1.807, 2.05) is 10.8 Å². The third-order valence-corrected chi connectivity index (χ3v) is 3.10. The lowest BCUT2D eigenvalue weighted by Gasteiger charge is -2.34. The Balaban J connectivity index is 1.81. The second kappa shape index (κ2) is 6.90. The van der Waals surface area contributed by atoms with E-state index in [0.29, 0.717) is 26.2 Å². The fourth-order valence-corrected chi connectivity index (χ4v) is 2.11. The topological polar surface area (TPSA) is 96.7 Å². The van der Waals surface area contributed by atoms with Crippen LogP contribution in [0.1, 0.15) is 6.42 Å². The monoisotopic (exact) mass is 282 g/mol. The van der Waals surface area contributed by atoms with Gasteiger partial charge in [0.05, 0.1) is 32.0 Å². The number of rotatable bonds is 5. The van der Waals surface area contributed by atoms with E-state index in [1.165, 1.54) is 4.90 Å². The average Bonchev–Trinajstić information content (AvgIpc) is 2.91. The van der Waals surface area contributed by atoms with Gasteiger partial charge in [-0.3, -0.25) is 4.79 Å². The molecule has 2 N–H and O–H groups in total. The summed E-state index contributed by atoms with van der Waals surface area (Å²) in [5, 5.41) is 11.6. The SMILES string of the molecule is O=C(O)CC1COCCN1C(=O)NCCn1ccnc1. The molecule has 1 fully saturated rings. The number of aromatic nitrogens is 2. The number of carbonyl (C=O) groups is 2. The van der Waals surface area contributed by atoms with E-state index in [9.17, 15) is 9.59 Å². The number of hydrogen-bond donors (Lipinski definition) is 2. The van der Waals surface area contributed by atoms with Crippen LogP contribution in [-0.2, 0) is 16.1 Å². The standard InChI is InChI=1S/C12H18N4O4/c17-11(18)7-10-8-20-6-5-16(10)12(19)14-2-4-15-3-1-13-9-15/h1,3,9-10H,2,4-8H2,(H,14,19)(H,17,18). The first-order chi connectivity index (χ1) is 9.66. The number of nitrogens with zero attached hydrogens (tertiary/aromatic N) is 3. The van der Waals surface area contributed by atoms with Gasteiger partial charge in [0, 0.05) is 32.0 Å². The highest BCUT2D eigenvalue weighted by molar-refractivity contribution is 5.76. The summed E-state index contributed by atoms with van der Waals surface area (Å²) in [6, 6.07) is -0.658. The van der Waals surface area contributed by atoms with Crippen molar-refractivity contribution in [3.63, 3.8) is 0 Å². The number of amides is 2. The number of carboxylic acids is 1. The highest BCUT2D eigenvalue weighted by atomic mass is 16.5. The molecule has 2 amide bonds. The van der Waals surface area contributed by atoms with Gasteiger partial charge in [-0.05, 0) is 0 Å². The summed E-state index contributed by atoms with van der Waals surface area (Å²) in [4.78, 5) is 28.3. The fraction of sp³-hybridized carbons (Fsp3) is 0.583. The number of carboxylic acid groups (broad SMARTS) is 1. The lowest BCUT2D eigenvalue weighted by Crippen LogP contribution is -2.53. The van der Waals surface area contributed by atoms with Gasteiger partial charge in [-0.25, -0.2) is 9.78 Å². The molecule has 0 aliphatic carbocycles. The summed E-state index contributed by atoms with van der Waals surface area (Å²) < 4.78 is 7.08. The molecule has 0 bridgehead atoms. The lowest BCUT2D eigenvalue weighted by molar-refractivity contribution is -0.139. The van der Waals surface area contributed by atoms with Crippen LogP contribution in [0.4, 0.5) is 4.79 Å². The number of carbonyl (C=O) groups excluding carboxylic acids is 1. The summed E-state index contributed by atoms with van der Waals surface area (Å²) in [6.45, 7) is 2.20. The number of hydrogen-bond acceptors (Lipinski definition) is 4. The molecule has 8 nitrogen and oxygen atoms in total. The molecule has 2 heterocycles. The predicted octanol–water partition coefficient (Wildman–Crippen LogP) is -0.232. The van der Waals surface area contributed by atoms with E-state index >= 15 is 0 Å². The lowest BCUT2D eigenvalue weighted by atomic mass is 10.1. The number of imidazole rings is 1. The van der Waals surface area contributed by atoms with E-state index in [4.69, 9.17) is 9.84 Å². The van der Waals surface area contributed by atoms with Crippen LogP contribution in [0.25, 0.3) is 0 Å². The molecule has 1 aromatic rings. The predicted molar refractivity (Wildman–Crippen MR) is 69.2 cm³/mol. The van der Waals surface area contributed by atoms with Gasteiger partial charge < -0.3 is 24.6 Å². The minimum absolute atomic E-state index is 0.102. The van der Waals surface area contributed by atoms with Crippen molar-refractivity contribution in [3.05, 3.63) is 18.7 Å². The third-order valence-electron chi connectivity index (χ3n) is 3.10. The van der Waals surface area contributed by atoms with E-state index in [2.05, 4.69) is 10.3 Å². The van der Waals surface area contributed by atoms with Gasteiger partial charge >= 0.3 is 12.0 Å².